The van der Waals surface area contributed by atoms with Crippen LogP contribution in [0.5, 0.6) is 0 Å². The highest BCUT2D eigenvalue weighted by Crippen LogP contribution is 2.45. The number of Topliss-reactive ketones (excluding diaryl/α,β-unsaturated/α-hetero) is 1. The number of hydrogen-bond donors (Lipinski definition) is 0. The molecule has 0 amide bonds. The van der Waals surface area contributed by atoms with Gasteiger partial charge in [-0.1, -0.05) is 48.6 Å². The molecule has 0 saturated heterocycles. The lowest BCUT2D eigenvalue weighted by molar-refractivity contribution is -0.514. The molecule has 21 heavy (non-hydrogen) atoms. The van der Waals surface area contributed by atoms with Crippen molar-refractivity contribution < 1.29 is 9.72 Å². The van der Waals surface area contributed by atoms with E-state index < -0.39 is 6.04 Å². The van der Waals surface area contributed by atoms with Gasteiger partial charge in [0.2, 0.25) is 6.04 Å². The minimum absolute atomic E-state index is 0.0453. The van der Waals surface area contributed by atoms with E-state index in [1.807, 2.05) is 30.3 Å². The molecule has 2 atom stereocenters. The first-order chi connectivity index (χ1) is 10.2. The number of hydrogen-bond acceptors (Lipinski definition) is 3. The minimum Gasteiger partial charge on any atom is -0.289 e. The minimum atomic E-state index is -0.804. The van der Waals surface area contributed by atoms with Gasteiger partial charge in [-0.05, 0) is 22.8 Å². The van der Waals surface area contributed by atoms with Gasteiger partial charge < -0.3 is 0 Å². The largest absolute Gasteiger partial charge is 0.289 e. The lowest BCUT2D eigenvalue weighted by Crippen LogP contribution is -2.34. The summed E-state index contributed by atoms with van der Waals surface area (Å²) in [6.45, 7) is 0. The van der Waals surface area contributed by atoms with E-state index in [2.05, 4.69) is 0 Å². The van der Waals surface area contributed by atoms with Crippen molar-refractivity contribution >= 4 is 11.4 Å². The van der Waals surface area contributed by atoms with E-state index in [-0.39, 0.29) is 16.6 Å². The third-order valence-corrected chi connectivity index (χ3v) is 4.27. The summed E-state index contributed by atoms with van der Waals surface area (Å²) >= 11 is 0. The normalized spacial score (nSPS) is 25.3. The van der Waals surface area contributed by atoms with E-state index in [1.165, 1.54) is 0 Å². The molecule has 4 nitrogen and oxygen atoms in total. The van der Waals surface area contributed by atoms with Crippen LogP contribution in [0.2, 0.25) is 0 Å². The summed E-state index contributed by atoms with van der Waals surface area (Å²) in [5, 5.41) is 11.2. The number of carbonyl (C=O) groups is 1. The van der Waals surface area contributed by atoms with Gasteiger partial charge in [-0.15, -0.1) is 0 Å². The average Bonchev–Trinajstić information content (AvgIpc) is 2.51. The summed E-state index contributed by atoms with van der Waals surface area (Å²) < 4.78 is 0. The summed E-state index contributed by atoms with van der Waals surface area (Å²) in [6, 6.07) is 6.63. The van der Waals surface area contributed by atoms with Crippen LogP contribution < -0.4 is 0 Å². The van der Waals surface area contributed by atoms with Crippen molar-refractivity contribution in [2.75, 3.05) is 0 Å². The molecule has 1 aromatic carbocycles. The third kappa shape index (κ3) is 1.53. The molecule has 102 valence electrons. The van der Waals surface area contributed by atoms with Crippen molar-refractivity contribution in [1.82, 2.24) is 0 Å². The lowest BCUT2D eigenvalue weighted by Gasteiger charge is -2.32. The van der Waals surface area contributed by atoms with Crippen LogP contribution in [0.4, 0.5) is 0 Å². The van der Waals surface area contributed by atoms with Crippen LogP contribution in [0, 0.1) is 16.0 Å². The fourth-order valence-corrected chi connectivity index (χ4v) is 3.35. The van der Waals surface area contributed by atoms with Crippen LogP contribution in [0.25, 0.3) is 5.57 Å². The topological polar surface area (TPSA) is 60.2 Å². The Kier molecular flexibility index (Phi) is 2.36. The van der Waals surface area contributed by atoms with Gasteiger partial charge in [0, 0.05) is 16.1 Å². The Labute approximate surface area is 120 Å². The van der Waals surface area contributed by atoms with Crippen LogP contribution in [0.1, 0.15) is 15.9 Å². The van der Waals surface area contributed by atoms with E-state index >= 15 is 0 Å². The molecular formula is C17H11NO3. The Hall–Kier alpha value is -2.75. The summed E-state index contributed by atoms with van der Waals surface area (Å²) in [5.74, 6) is -0.409. The predicted molar refractivity (Wildman–Crippen MR) is 78.3 cm³/mol. The molecule has 0 saturated carbocycles. The maximum absolute atomic E-state index is 12.6. The Morgan fingerprint density at radius 3 is 2.62 bits per heavy atom. The molecule has 4 heteroatoms. The monoisotopic (exact) mass is 277 g/mol. The number of benzene rings is 1. The van der Waals surface area contributed by atoms with Gasteiger partial charge in [0.25, 0.3) is 0 Å². The molecule has 0 N–H and O–H groups in total. The average molecular weight is 277 g/mol. The highest BCUT2D eigenvalue weighted by atomic mass is 16.6. The van der Waals surface area contributed by atoms with Crippen molar-refractivity contribution in [3.8, 4) is 0 Å². The van der Waals surface area contributed by atoms with E-state index in [0.717, 1.165) is 16.7 Å². The smallest absolute Gasteiger partial charge is 0.241 e. The van der Waals surface area contributed by atoms with Crippen molar-refractivity contribution in [2.45, 2.75) is 6.04 Å². The molecule has 0 aliphatic heterocycles. The molecule has 2 unspecified atom stereocenters. The summed E-state index contributed by atoms with van der Waals surface area (Å²) in [7, 11) is 0. The fourth-order valence-electron chi connectivity index (χ4n) is 3.35. The van der Waals surface area contributed by atoms with Gasteiger partial charge in [-0.3, -0.25) is 14.9 Å². The Bertz CT molecular complexity index is 811. The van der Waals surface area contributed by atoms with Gasteiger partial charge in [-0.2, -0.15) is 0 Å². The second kappa shape index (κ2) is 4.12. The summed E-state index contributed by atoms with van der Waals surface area (Å²) in [5.41, 5.74) is 3.86. The first-order valence-corrected chi connectivity index (χ1v) is 6.77. The first-order valence-electron chi connectivity index (χ1n) is 6.77. The van der Waals surface area contributed by atoms with Crippen molar-refractivity contribution in [2.24, 2.45) is 5.92 Å². The van der Waals surface area contributed by atoms with Gasteiger partial charge in [0.05, 0.1) is 5.92 Å². The molecule has 0 bridgehead atoms. The molecule has 0 fully saturated rings. The van der Waals surface area contributed by atoms with Gasteiger partial charge in [0.15, 0.2) is 5.78 Å². The zero-order valence-electron chi connectivity index (χ0n) is 11.0. The second-order valence-electron chi connectivity index (χ2n) is 5.33. The number of ketones is 1. The number of fused-ring (bicyclic) bond motifs is 2. The number of nitro groups is 1. The highest BCUT2D eigenvalue weighted by Gasteiger charge is 2.41. The van der Waals surface area contributed by atoms with Crippen molar-refractivity contribution in [1.29, 1.82) is 0 Å². The number of nitrogens with zero attached hydrogens (tertiary/aromatic N) is 1. The quantitative estimate of drug-likeness (QED) is 0.585. The predicted octanol–water partition coefficient (Wildman–Crippen LogP) is 2.96. The Morgan fingerprint density at radius 1 is 1.10 bits per heavy atom. The Balaban J connectivity index is 2.01. The standard InChI is InChI=1S/C17H11NO3/c19-17-12-5-2-1-4-10(12)11-8-9-15(18(20)21)13-6-3-7-14(17)16(11)13/h1-9,13,15H. The number of carbonyl (C=O) groups excluding carboxylic acids is 1. The van der Waals surface area contributed by atoms with E-state index in [1.54, 1.807) is 24.3 Å². The van der Waals surface area contributed by atoms with Gasteiger partial charge in [-0.25, -0.2) is 0 Å². The SMILES string of the molecule is O=C1C2=CC=CC3C2=C(C=CC3[N+](=O)[O-])c2ccccc21. The van der Waals surface area contributed by atoms with Crippen LogP contribution >= 0.6 is 0 Å². The lowest BCUT2D eigenvalue weighted by atomic mass is 9.70. The number of rotatable bonds is 1. The molecule has 0 spiro atoms. The maximum Gasteiger partial charge on any atom is 0.241 e. The van der Waals surface area contributed by atoms with Gasteiger partial charge >= 0.3 is 0 Å². The van der Waals surface area contributed by atoms with E-state index in [4.69, 9.17) is 0 Å². The molecule has 3 aliphatic carbocycles. The van der Waals surface area contributed by atoms with E-state index in [0.29, 0.717) is 11.1 Å². The third-order valence-electron chi connectivity index (χ3n) is 4.27. The second-order valence-corrected chi connectivity index (χ2v) is 5.33. The fraction of sp³-hybridized carbons (Fsp3) is 0.118. The van der Waals surface area contributed by atoms with Crippen LogP contribution in [-0.2, 0) is 0 Å². The van der Waals surface area contributed by atoms with Crippen LogP contribution in [-0.4, -0.2) is 16.7 Å². The molecule has 3 aliphatic rings. The molecule has 0 heterocycles. The summed E-state index contributed by atoms with van der Waals surface area (Å²) in [4.78, 5) is 23.6. The maximum atomic E-state index is 12.6. The first kappa shape index (κ1) is 12.0. The zero-order chi connectivity index (χ0) is 14.6. The van der Waals surface area contributed by atoms with Crippen LogP contribution in [0.15, 0.2) is 65.8 Å². The summed E-state index contributed by atoms with van der Waals surface area (Å²) in [6.07, 6.45) is 8.75. The zero-order valence-corrected chi connectivity index (χ0v) is 11.0. The van der Waals surface area contributed by atoms with Gasteiger partial charge in [0.1, 0.15) is 0 Å². The van der Waals surface area contributed by atoms with Crippen LogP contribution in [0.3, 0.4) is 0 Å². The highest BCUT2D eigenvalue weighted by molar-refractivity contribution is 6.19. The van der Waals surface area contributed by atoms with Crippen molar-refractivity contribution in [3.63, 3.8) is 0 Å². The van der Waals surface area contributed by atoms with Crippen molar-refractivity contribution in [3.05, 3.63) is 87.0 Å². The molecular weight excluding hydrogens is 266 g/mol. The molecule has 0 aromatic heterocycles. The molecule has 0 radical (unpaired) electrons. The number of allylic oxidation sites excluding steroid dienone is 5. The molecule has 4 rings (SSSR count). The van der Waals surface area contributed by atoms with E-state index in [9.17, 15) is 14.9 Å². The Morgan fingerprint density at radius 2 is 1.86 bits per heavy atom. The molecule has 1 aromatic rings.